The summed E-state index contributed by atoms with van der Waals surface area (Å²) in [5.74, 6) is 1.11. The first-order chi connectivity index (χ1) is 15.0. The van der Waals surface area contributed by atoms with E-state index in [0.717, 1.165) is 41.0 Å². The van der Waals surface area contributed by atoms with Crippen LogP contribution in [0.15, 0.2) is 60.7 Å². The van der Waals surface area contributed by atoms with E-state index >= 15 is 0 Å². The zero-order valence-corrected chi connectivity index (χ0v) is 17.9. The van der Waals surface area contributed by atoms with E-state index in [4.69, 9.17) is 4.74 Å². The fraction of sp³-hybridized carbons (Fsp3) is 0.240. The van der Waals surface area contributed by atoms with Gasteiger partial charge in [0.1, 0.15) is 11.6 Å². The Morgan fingerprint density at radius 2 is 1.68 bits per heavy atom. The highest BCUT2D eigenvalue weighted by atomic mass is 16.5. The fourth-order valence-corrected chi connectivity index (χ4v) is 3.73. The first-order valence-corrected chi connectivity index (χ1v) is 10.2. The zero-order valence-electron chi connectivity index (χ0n) is 17.9. The van der Waals surface area contributed by atoms with Crippen LogP contribution in [0.3, 0.4) is 0 Å². The van der Waals surface area contributed by atoms with Crippen LogP contribution in [-0.2, 0) is 10.2 Å². The number of pyridine rings is 1. The molecule has 31 heavy (non-hydrogen) atoms. The number of amides is 2. The van der Waals surface area contributed by atoms with Gasteiger partial charge in [0.25, 0.3) is 5.91 Å². The lowest BCUT2D eigenvalue weighted by molar-refractivity contribution is -0.118. The number of hydrogen-bond donors (Lipinski definition) is 2. The minimum Gasteiger partial charge on any atom is -0.497 e. The molecule has 4 rings (SSSR count). The number of nitrogens with one attached hydrogen (secondary N) is 2. The number of carbonyl (C=O) groups is 2. The number of anilines is 1. The second kappa shape index (κ2) is 8.22. The van der Waals surface area contributed by atoms with E-state index in [1.165, 1.54) is 0 Å². The van der Waals surface area contributed by atoms with Crippen LogP contribution in [0.2, 0.25) is 0 Å². The molecule has 0 aliphatic heterocycles. The zero-order chi connectivity index (χ0) is 22.0. The van der Waals surface area contributed by atoms with E-state index in [1.807, 2.05) is 55.5 Å². The molecule has 0 spiro atoms. The minimum atomic E-state index is -0.506. The average Bonchev–Trinajstić information content (AvgIpc) is 3.62. The van der Waals surface area contributed by atoms with Crippen molar-refractivity contribution in [2.75, 3.05) is 19.5 Å². The summed E-state index contributed by atoms with van der Waals surface area (Å²) >= 11 is 0. The van der Waals surface area contributed by atoms with Crippen molar-refractivity contribution in [3.63, 3.8) is 0 Å². The van der Waals surface area contributed by atoms with E-state index in [-0.39, 0.29) is 14.7 Å². The highest BCUT2D eigenvalue weighted by molar-refractivity contribution is 6.01. The lowest BCUT2D eigenvalue weighted by Crippen LogP contribution is -2.28. The van der Waals surface area contributed by atoms with Gasteiger partial charge < -0.3 is 15.4 Å². The monoisotopic (exact) mass is 419 g/mol. The van der Waals surface area contributed by atoms with Gasteiger partial charge in [0.2, 0.25) is 5.91 Å². The molecule has 1 aromatic heterocycles. The van der Waals surface area contributed by atoms with Gasteiger partial charge in [-0.05, 0) is 61.2 Å². The summed E-state index contributed by atoms with van der Waals surface area (Å²) in [6.07, 6.45) is 1.62. The largest absolute Gasteiger partial charge is 0.497 e. The van der Waals surface area contributed by atoms with Gasteiger partial charge in [0.15, 0.2) is 0 Å². The van der Waals surface area contributed by atoms with Crippen molar-refractivity contribution in [1.82, 2.24) is 10.3 Å². The van der Waals surface area contributed by atoms with Gasteiger partial charge in [-0.2, -0.15) is 0 Å². The Labute approximate surface area is 184 Å². The molecule has 1 saturated carbocycles. The van der Waals surface area contributed by atoms with Gasteiger partial charge in [-0.15, -0.1) is 0 Å². The summed E-state index contributed by atoms with van der Waals surface area (Å²) in [4.78, 5) is 29.6. The molecule has 1 aliphatic rings. The summed E-state index contributed by atoms with van der Waals surface area (Å²) in [6, 6.07) is 18.7. The maximum absolute atomic E-state index is 13.1. The lowest BCUT2D eigenvalue weighted by atomic mass is 9.95. The molecule has 0 saturated heterocycles. The molecule has 1 aliphatic carbocycles. The number of hydrogen-bond acceptors (Lipinski definition) is 4. The maximum Gasteiger partial charge on any atom is 0.251 e. The van der Waals surface area contributed by atoms with Gasteiger partial charge in [-0.3, -0.25) is 9.59 Å². The van der Waals surface area contributed by atoms with Gasteiger partial charge in [0.05, 0.1) is 18.2 Å². The van der Waals surface area contributed by atoms with Crippen molar-refractivity contribution in [1.29, 1.82) is 0 Å². The van der Waals surface area contributed by atoms with E-state index in [0.29, 0.717) is 11.4 Å². The Bertz CT molecular complexity index is 1130. The molecular weight excluding hydrogens is 390 g/mol. The van der Waals surface area contributed by atoms with Crippen LogP contribution in [0.4, 0.5) is 5.82 Å². The Balaban J connectivity index is 0.00000193. The van der Waals surface area contributed by atoms with Gasteiger partial charge >= 0.3 is 0 Å². The predicted octanol–water partition coefficient (Wildman–Crippen LogP) is 4.59. The third-order valence-corrected chi connectivity index (χ3v) is 5.81. The van der Waals surface area contributed by atoms with Crippen LogP contribution in [0.1, 0.15) is 37.2 Å². The van der Waals surface area contributed by atoms with Crippen molar-refractivity contribution in [3.8, 4) is 17.0 Å². The topological polar surface area (TPSA) is 80.3 Å². The molecule has 0 radical (unpaired) electrons. The quantitative estimate of drug-likeness (QED) is 0.612. The van der Waals surface area contributed by atoms with Crippen molar-refractivity contribution >= 4 is 17.6 Å². The number of benzene rings is 2. The Morgan fingerprint density at radius 3 is 2.26 bits per heavy atom. The van der Waals surface area contributed by atoms with Crippen LogP contribution >= 0.6 is 0 Å². The van der Waals surface area contributed by atoms with Crippen LogP contribution in [0.5, 0.6) is 5.75 Å². The molecule has 2 amide bonds. The number of nitrogens with zero attached hydrogens (tertiary/aromatic N) is 1. The molecule has 2 aromatic carbocycles. The number of aryl methyl sites for hydroxylation is 1. The van der Waals surface area contributed by atoms with E-state index in [1.54, 1.807) is 26.3 Å². The summed E-state index contributed by atoms with van der Waals surface area (Å²) in [6.45, 7) is 1.97. The van der Waals surface area contributed by atoms with Gasteiger partial charge in [-0.25, -0.2) is 4.98 Å². The number of carbonyl (C=O) groups excluding carboxylic acids is 2. The van der Waals surface area contributed by atoms with Crippen molar-refractivity contribution in [3.05, 3.63) is 77.4 Å². The second-order valence-electron chi connectivity index (χ2n) is 7.78. The molecule has 1 fully saturated rings. The molecular formula is C25H29N3O3. The molecule has 3 aromatic rings. The summed E-state index contributed by atoms with van der Waals surface area (Å²) < 4.78 is 5.22. The highest BCUT2D eigenvalue weighted by Crippen LogP contribution is 2.49. The maximum atomic E-state index is 13.1. The van der Waals surface area contributed by atoms with Crippen molar-refractivity contribution < 1.29 is 17.2 Å². The molecule has 1 heterocycles. The van der Waals surface area contributed by atoms with E-state index in [9.17, 15) is 9.59 Å². The second-order valence-corrected chi connectivity index (χ2v) is 7.78. The predicted molar refractivity (Wildman–Crippen MR) is 125 cm³/mol. The molecule has 0 bridgehead atoms. The SMILES string of the molecule is CNC(=O)c1ccc(-c2nc(NC(=O)C3(c4ccc(OC)cc4)CC3)ccc2C)cc1.[HH].[HH]. The number of ether oxygens (including phenoxy) is 1. The van der Waals surface area contributed by atoms with Crippen molar-refractivity contribution in [2.45, 2.75) is 25.2 Å². The third-order valence-electron chi connectivity index (χ3n) is 5.81. The third kappa shape index (κ3) is 4.01. The summed E-state index contributed by atoms with van der Waals surface area (Å²) in [5, 5.41) is 5.62. The van der Waals surface area contributed by atoms with Crippen molar-refractivity contribution in [2.24, 2.45) is 0 Å². The number of rotatable bonds is 6. The summed E-state index contributed by atoms with van der Waals surface area (Å²) in [5.41, 5.74) is 3.72. The molecule has 0 atom stereocenters. The summed E-state index contributed by atoms with van der Waals surface area (Å²) in [7, 11) is 3.23. The van der Waals surface area contributed by atoms with Crippen LogP contribution in [-0.4, -0.2) is 31.0 Å². The van der Waals surface area contributed by atoms with E-state index in [2.05, 4.69) is 15.6 Å². The molecule has 2 N–H and O–H groups in total. The smallest absolute Gasteiger partial charge is 0.251 e. The van der Waals surface area contributed by atoms with E-state index < -0.39 is 5.41 Å². The normalized spacial score (nSPS) is 13.9. The Hall–Kier alpha value is -3.67. The van der Waals surface area contributed by atoms with Gasteiger partial charge in [-0.1, -0.05) is 30.3 Å². The van der Waals surface area contributed by atoms with Gasteiger partial charge in [0, 0.05) is 21.0 Å². The highest BCUT2D eigenvalue weighted by Gasteiger charge is 2.51. The molecule has 0 unspecified atom stereocenters. The van der Waals surface area contributed by atoms with Crippen LogP contribution in [0, 0.1) is 6.92 Å². The Morgan fingerprint density at radius 1 is 1.00 bits per heavy atom. The molecule has 6 heteroatoms. The minimum absolute atomic E-state index is 0. The number of methoxy groups -OCH3 is 1. The van der Waals surface area contributed by atoms with Crippen LogP contribution in [0.25, 0.3) is 11.3 Å². The fourth-order valence-electron chi connectivity index (χ4n) is 3.73. The van der Waals surface area contributed by atoms with Crippen LogP contribution < -0.4 is 15.4 Å². The molecule has 6 nitrogen and oxygen atoms in total. The first-order valence-electron chi connectivity index (χ1n) is 10.2. The average molecular weight is 420 g/mol. The Kier molecular flexibility index (Phi) is 5.46. The molecule has 162 valence electrons. The first kappa shape index (κ1) is 20.6. The lowest BCUT2D eigenvalue weighted by Gasteiger charge is -2.17. The standard InChI is InChI=1S/C25H25N3O3.2H2/c1-16-4-13-21(27-22(16)17-5-7-18(8-6-17)23(29)26-2)28-24(30)25(14-15-25)19-9-11-20(31-3)12-10-19;;/h4-13H,14-15H2,1-3H3,(H,26,29)(H,27,28,30);2*1H. The number of aromatic nitrogens is 1.